The van der Waals surface area contributed by atoms with Gasteiger partial charge in [-0.25, -0.2) is 18.4 Å². The van der Waals surface area contributed by atoms with Gasteiger partial charge in [-0.05, 0) is 30.2 Å². The summed E-state index contributed by atoms with van der Waals surface area (Å²) in [5.74, 6) is -3.92. The Bertz CT molecular complexity index is 1060. The molecule has 3 aromatic rings. The molecule has 158 valence electrons. The number of esters is 2. The summed E-state index contributed by atoms with van der Waals surface area (Å²) >= 11 is 0. The minimum absolute atomic E-state index is 0.0149. The molecule has 0 saturated heterocycles. The molecule has 6 heteroatoms. The fourth-order valence-corrected chi connectivity index (χ4v) is 3.02. The Hall–Kier alpha value is -3.80. The van der Waals surface area contributed by atoms with E-state index in [4.69, 9.17) is 9.47 Å². The summed E-state index contributed by atoms with van der Waals surface area (Å²) in [6.07, 6.45) is -0.765. The Labute approximate surface area is 178 Å². The third-order valence-corrected chi connectivity index (χ3v) is 4.55. The number of benzene rings is 3. The van der Waals surface area contributed by atoms with E-state index in [9.17, 15) is 18.4 Å². The Morgan fingerprint density at radius 2 is 1.35 bits per heavy atom. The molecule has 0 amide bonds. The molecule has 0 N–H and O–H groups in total. The van der Waals surface area contributed by atoms with Crippen molar-refractivity contribution >= 4 is 17.5 Å². The maximum atomic E-state index is 14.6. The van der Waals surface area contributed by atoms with Gasteiger partial charge in [-0.2, -0.15) is 0 Å². The molecule has 0 fully saturated rings. The molecule has 3 aromatic carbocycles. The van der Waals surface area contributed by atoms with Crippen LogP contribution >= 0.6 is 0 Å². The van der Waals surface area contributed by atoms with E-state index in [1.54, 1.807) is 55.5 Å². The van der Waals surface area contributed by atoms with Gasteiger partial charge in [-0.1, -0.05) is 67.2 Å². The van der Waals surface area contributed by atoms with Gasteiger partial charge in [0.25, 0.3) is 0 Å². The zero-order valence-corrected chi connectivity index (χ0v) is 16.8. The number of hydrogen-bond donors (Lipinski definition) is 0. The number of carbonyl (C=O) groups excluding carboxylic acids is 2. The first kappa shape index (κ1) is 21.9. The molecule has 31 heavy (non-hydrogen) atoms. The summed E-state index contributed by atoms with van der Waals surface area (Å²) in [4.78, 5) is 24.5. The highest BCUT2D eigenvalue weighted by Gasteiger charge is 2.25. The number of hydrogen-bond acceptors (Lipinski definition) is 4. The lowest BCUT2D eigenvalue weighted by Crippen LogP contribution is -2.15. The minimum Gasteiger partial charge on any atom is -0.462 e. The predicted molar refractivity (Wildman–Crippen MR) is 112 cm³/mol. The van der Waals surface area contributed by atoms with Gasteiger partial charge in [0.1, 0.15) is 11.6 Å². The van der Waals surface area contributed by atoms with Crippen LogP contribution < -0.4 is 0 Å². The Balaban J connectivity index is 1.89. The van der Waals surface area contributed by atoms with Crippen LogP contribution in [0.5, 0.6) is 0 Å². The van der Waals surface area contributed by atoms with Crippen LogP contribution in [0, 0.1) is 11.6 Å². The van der Waals surface area contributed by atoms with Crippen LogP contribution in [-0.2, 0) is 14.3 Å². The molecule has 0 aliphatic rings. The van der Waals surface area contributed by atoms with E-state index in [-0.39, 0.29) is 12.2 Å². The molecule has 4 nitrogen and oxygen atoms in total. The topological polar surface area (TPSA) is 52.6 Å². The summed E-state index contributed by atoms with van der Waals surface area (Å²) in [5, 5.41) is 0. The van der Waals surface area contributed by atoms with Crippen molar-refractivity contribution in [2.45, 2.75) is 13.0 Å². The molecule has 3 rings (SSSR count). The first-order chi connectivity index (χ1) is 14.9. The Morgan fingerprint density at radius 1 is 0.871 bits per heavy atom. The van der Waals surface area contributed by atoms with Crippen molar-refractivity contribution in [2.75, 3.05) is 6.61 Å². The van der Waals surface area contributed by atoms with Crippen molar-refractivity contribution < 1.29 is 27.8 Å². The molecule has 0 unspecified atom stereocenters. The third kappa shape index (κ3) is 5.04. The van der Waals surface area contributed by atoms with E-state index < -0.39 is 40.8 Å². The number of ether oxygens (including phenoxy) is 2. The lowest BCUT2D eigenvalue weighted by Gasteiger charge is -2.20. The van der Waals surface area contributed by atoms with E-state index in [0.717, 1.165) is 6.07 Å². The van der Waals surface area contributed by atoms with Gasteiger partial charge < -0.3 is 9.47 Å². The van der Waals surface area contributed by atoms with Crippen LogP contribution in [0.1, 0.15) is 40.1 Å². The van der Waals surface area contributed by atoms with Gasteiger partial charge in [0.2, 0.25) is 0 Å². The SMILES string of the molecule is C=C(C(=O)OC(c1ccccc1)c1ccccc1)c1cc(F)c(C(=O)OCC)cc1F. The molecular formula is C25H20F2O4. The summed E-state index contributed by atoms with van der Waals surface area (Å²) in [7, 11) is 0. The molecule has 0 saturated carbocycles. The number of halogens is 2. The third-order valence-electron chi connectivity index (χ3n) is 4.55. The van der Waals surface area contributed by atoms with Crippen molar-refractivity contribution in [1.29, 1.82) is 0 Å². The standard InChI is InChI=1S/C25H20F2O4/c1-3-30-25(29)20-15-21(26)19(14-22(20)27)16(2)24(28)31-23(17-10-6-4-7-11-17)18-12-8-5-9-13-18/h4-15,23H,2-3H2,1H3. The van der Waals surface area contributed by atoms with Gasteiger partial charge in [0.15, 0.2) is 6.10 Å². The Kier molecular flexibility index (Phi) is 6.92. The summed E-state index contributed by atoms with van der Waals surface area (Å²) in [5.41, 5.74) is 0.0909. The first-order valence-electron chi connectivity index (χ1n) is 9.58. The van der Waals surface area contributed by atoms with Gasteiger partial charge in [-0.15, -0.1) is 0 Å². The van der Waals surface area contributed by atoms with Crippen LogP contribution in [-0.4, -0.2) is 18.5 Å². The van der Waals surface area contributed by atoms with Gasteiger partial charge in [-0.3, -0.25) is 0 Å². The highest BCUT2D eigenvalue weighted by molar-refractivity contribution is 6.16. The molecule has 0 heterocycles. The van der Waals surface area contributed by atoms with Crippen LogP contribution in [0.4, 0.5) is 8.78 Å². The smallest absolute Gasteiger partial charge is 0.341 e. The summed E-state index contributed by atoms with van der Waals surface area (Å²) in [6, 6.07) is 19.5. The molecule has 0 atom stereocenters. The lowest BCUT2D eigenvalue weighted by molar-refractivity contribution is -0.140. The van der Waals surface area contributed by atoms with Gasteiger partial charge >= 0.3 is 11.9 Å². The van der Waals surface area contributed by atoms with Crippen molar-refractivity contribution in [3.05, 3.63) is 113 Å². The van der Waals surface area contributed by atoms with Gasteiger partial charge in [0, 0.05) is 5.56 Å². The molecule has 0 bridgehead atoms. The van der Waals surface area contributed by atoms with Crippen molar-refractivity contribution in [3.63, 3.8) is 0 Å². The Morgan fingerprint density at radius 3 is 1.87 bits per heavy atom. The maximum absolute atomic E-state index is 14.6. The number of rotatable bonds is 7. The van der Waals surface area contributed by atoms with E-state index in [2.05, 4.69) is 6.58 Å². The highest BCUT2D eigenvalue weighted by atomic mass is 19.1. The zero-order valence-electron chi connectivity index (χ0n) is 16.8. The summed E-state index contributed by atoms with van der Waals surface area (Å²) < 4.78 is 39.3. The molecule has 0 aliphatic carbocycles. The highest BCUT2D eigenvalue weighted by Crippen LogP contribution is 2.29. The quantitative estimate of drug-likeness (QED) is 0.373. The van der Waals surface area contributed by atoms with Crippen molar-refractivity contribution in [2.24, 2.45) is 0 Å². The molecular weight excluding hydrogens is 402 g/mol. The second kappa shape index (κ2) is 9.80. The average molecular weight is 422 g/mol. The molecule has 0 spiro atoms. The molecule has 0 aromatic heterocycles. The fraction of sp³-hybridized carbons (Fsp3) is 0.120. The second-order valence-corrected chi connectivity index (χ2v) is 6.62. The first-order valence-corrected chi connectivity index (χ1v) is 9.58. The largest absolute Gasteiger partial charge is 0.462 e. The molecule has 0 radical (unpaired) electrons. The number of carbonyl (C=O) groups is 2. The predicted octanol–water partition coefficient (Wildman–Crippen LogP) is 5.49. The zero-order chi connectivity index (χ0) is 22.4. The normalized spacial score (nSPS) is 10.6. The lowest BCUT2D eigenvalue weighted by atomic mass is 10.0. The van der Waals surface area contributed by atoms with Crippen LogP contribution in [0.25, 0.3) is 5.57 Å². The van der Waals surface area contributed by atoms with Crippen LogP contribution in [0.3, 0.4) is 0 Å². The van der Waals surface area contributed by atoms with Gasteiger partial charge in [0.05, 0.1) is 17.7 Å². The van der Waals surface area contributed by atoms with E-state index >= 15 is 0 Å². The van der Waals surface area contributed by atoms with E-state index in [1.807, 2.05) is 12.1 Å². The van der Waals surface area contributed by atoms with E-state index in [0.29, 0.717) is 17.2 Å². The van der Waals surface area contributed by atoms with Crippen molar-refractivity contribution in [3.8, 4) is 0 Å². The fourth-order valence-electron chi connectivity index (χ4n) is 3.02. The average Bonchev–Trinajstić information content (AvgIpc) is 2.79. The monoisotopic (exact) mass is 422 g/mol. The van der Waals surface area contributed by atoms with E-state index in [1.165, 1.54) is 0 Å². The minimum atomic E-state index is -1.02. The maximum Gasteiger partial charge on any atom is 0.341 e. The van der Waals surface area contributed by atoms with Crippen molar-refractivity contribution in [1.82, 2.24) is 0 Å². The second-order valence-electron chi connectivity index (χ2n) is 6.62. The molecule has 0 aliphatic heterocycles. The summed E-state index contributed by atoms with van der Waals surface area (Å²) in [6.45, 7) is 5.15. The van der Waals surface area contributed by atoms with Crippen LogP contribution in [0.2, 0.25) is 0 Å². The van der Waals surface area contributed by atoms with Crippen LogP contribution in [0.15, 0.2) is 79.4 Å².